The van der Waals surface area contributed by atoms with Crippen LogP contribution in [-0.2, 0) is 4.74 Å². The Morgan fingerprint density at radius 2 is 1.86 bits per heavy atom. The Morgan fingerprint density at radius 3 is 2.64 bits per heavy atom. The highest BCUT2D eigenvalue weighted by Gasteiger charge is 2.18. The van der Waals surface area contributed by atoms with E-state index in [2.05, 4.69) is 38.1 Å². The van der Waals surface area contributed by atoms with Gasteiger partial charge < -0.3 is 14.6 Å². The largest absolute Gasteiger partial charge is 0.378 e. The Balaban J connectivity index is 1.84. The van der Waals surface area contributed by atoms with E-state index in [0.717, 1.165) is 60.2 Å². The van der Waals surface area contributed by atoms with Crippen LogP contribution in [0.2, 0.25) is 0 Å². The summed E-state index contributed by atoms with van der Waals surface area (Å²) in [6.07, 6.45) is 0. The smallest absolute Gasteiger partial charge is 0.156 e. The second-order valence-corrected chi connectivity index (χ2v) is 5.50. The highest BCUT2D eigenvalue weighted by molar-refractivity contribution is 5.90. The molecule has 0 spiro atoms. The van der Waals surface area contributed by atoms with Crippen molar-refractivity contribution in [3.05, 3.63) is 42.2 Å². The molecule has 3 aromatic rings. The average molecular weight is 294 g/mol. The third-order valence-electron chi connectivity index (χ3n) is 3.97. The first kappa shape index (κ1) is 13.3. The van der Waals surface area contributed by atoms with Gasteiger partial charge in [0, 0.05) is 18.8 Å². The Labute approximate surface area is 129 Å². The summed E-state index contributed by atoms with van der Waals surface area (Å²) in [5.74, 6) is 1.78. The molecule has 1 N–H and O–H groups in total. The Morgan fingerprint density at radius 1 is 1.09 bits per heavy atom. The molecule has 0 amide bonds. The summed E-state index contributed by atoms with van der Waals surface area (Å²) < 4.78 is 5.44. The first-order valence-corrected chi connectivity index (χ1v) is 7.57. The molecule has 0 aliphatic carbocycles. The maximum absolute atomic E-state index is 5.44. The van der Waals surface area contributed by atoms with Gasteiger partial charge in [0.05, 0.1) is 18.7 Å². The summed E-state index contributed by atoms with van der Waals surface area (Å²) in [7, 11) is 0. The zero-order valence-electron chi connectivity index (χ0n) is 12.5. The number of morpholine rings is 1. The lowest BCUT2D eigenvalue weighted by atomic mass is 10.2. The van der Waals surface area contributed by atoms with Crippen LogP contribution >= 0.6 is 0 Å². The Kier molecular flexibility index (Phi) is 3.27. The van der Waals surface area contributed by atoms with Gasteiger partial charge >= 0.3 is 0 Å². The third-order valence-corrected chi connectivity index (χ3v) is 3.97. The van der Waals surface area contributed by atoms with E-state index in [1.807, 2.05) is 25.1 Å². The second-order valence-electron chi connectivity index (χ2n) is 5.50. The summed E-state index contributed by atoms with van der Waals surface area (Å²) >= 11 is 0. The molecular formula is C17H18N4O. The van der Waals surface area contributed by atoms with Crippen molar-refractivity contribution in [3.63, 3.8) is 0 Å². The predicted molar refractivity (Wildman–Crippen MR) is 87.1 cm³/mol. The molecule has 1 aromatic carbocycles. The van der Waals surface area contributed by atoms with Gasteiger partial charge in [-0.25, -0.2) is 9.97 Å². The van der Waals surface area contributed by atoms with Crippen molar-refractivity contribution in [2.45, 2.75) is 6.92 Å². The first-order chi connectivity index (χ1) is 10.8. The van der Waals surface area contributed by atoms with E-state index in [1.165, 1.54) is 0 Å². The molecule has 3 heterocycles. The number of nitrogens with one attached hydrogen (secondary N) is 1. The van der Waals surface area contributed by atoms with Crippen molar-refractivity contribution >= 4 is 16.9 Å². The van der Waals surface area contributed by atoms with E-state index in [1.54, 1.807) is 0 Å². The molecular weight excluding hydrogens is 276 g/mol. The quantitative estimate of drug-likeness (QED) is 0.789. The third kappa shape index (κ3) is 2.33. The van der Waals surface area contributed by atoms with E-state index in [9.17, 15) is 0 Å². The minimum atomic E-state index is 0.747. The van der Waals surface area contributed by atoms with Gasteiger partial charge in [0.1, 0.15) is 11.3 Å². The first-order valence-electron chi connectivity index (χ1n) is 7.57. The van der Waals surface area contributed by atoms with Crippen LogP contribution in [0.1, 0.15) is 5.82 Å². The molecule has 0 radical (unpaired) electrons. The second kappa shape index (κ2) is 5.42. The average Bonchev–Trinajstić information content (AvgIpc) is 2.99. The number of aryl methyl sites for hydroxylation is 1. The molecule has 0 saturated carbocycles. The normalized spacial score (nSPS) is 15.4. The Bertz CT molecular complexity index is 791. The SMILES string of the molecule is Cc1nc(N2CCOCC2)c2[nH]c(-c3ccccc3)cc2n1. The van der Waals surface area contributed by atoms with Crippen LogP contribution < -0.4 is 4.90 Å². The van der Waals surface area contributed by atoms with Gasteiger partial charge in [-0.05, 0) is 18.6 Å². The highest BCUT2D eigenvalue weighted by atomic mass is 16.5. The monoisotopic (exact) mass is 294 g/mol. The molecule has 1 aliphatic heterocycles. The van der Waals surface area contributed by atoms with Crippen LogP contribution in [-0.4, -0.2) is 41.3 Å². The van der Waals surface area contributed by atoms with Crippen LogP contribution in [0.3, 0.4) is 0 Å². The number of hydrogen-bond donors (Lipinski definition) is 1. The van der Waals surface area contributed by atoms with Crippen molar-refractivity contribution in [1.82, 2.24) is 15.0 Å². The van der Waals surface area contributed by atoms with Crippen LogP contribution in [0.15, 0.2) is 36.4 Å². The molecule has 4 rings (SSSR count). The molecule has 22 heavy (non-hydrogen) atoms. The number of ether oxygens (including phenoxy) is 1. The summed E-state index contributed by atoms with van der Waals surface area (Å²) in [6, 6.07) is 12.4. The maximum Gasteiger partial charge on any atom is 0.156 e. The summed E-state index contributed by atoms with van der Waals surface area (Å²) in [5, 5.41) is 0. The Hall–Kier alpha value is -2.40. The number of benzene rings is 1. The number of aromatic nitrogens is 3. The minimum absolute atomic E-state index is 0.747. The molecule has 0 atom stereocenters. The predicted octanol–water partition coefficient (Wildman–Crippen LogP) is 2.77. The zero-order chi connectivity index (χ0) is 14.9. The van der Waals surface area contributed by atoms with Gasteiger partial charge in [0.25, 0.3) is 0 Å². The molecule has 0 bridgehead atoms. The number of fused-ring (bicyclic) bond motifs is 1. The molecule has 1 aliphatic rings. The zero-order valence-corrected chi connectivity index (χ0v) is 12.5. The summed E-state index contributed by atoms with van der Waals surface area (Å²) in [5.41, 5.74) is 4.20. The fourth-order valence-corrected chi connectivity index (χ4v) is 2.89. The molecule has 0 unspecified atom stereocenters. The minimum Gasteiger partial charge on any atom is -0.378 e. The van der Waals surface area contributed by atoms with E-state index < -0.39 is 0 Å². The van der Waals surface area contributed by atoms with Gasteiger partial charge in [-0.15, -0.1) is 0 Å². The number of aromatic amines is 1. The van der Waals surface area contributed by atoms with E-state index >= 15 is 0 Å². The van der Waals surface area contributed by atoms with E-state index in [0.29, 0.717) is 0 Å². The summed E-state index contributed by atoms with van der Waals surface area (Å²) in [6.45, 7) is 5.17. The molecule has 1 saturated heterocycles. The lowest BCUT2D eigenvalue weighted by molar-refractivity contribution is 0.122. The number of nitrogens with zero attached hydrogens (tertiary/aromatic N) is 3. The van der Waals surface area contributed by atoms with Gasteiger partial charge in [0.15, 0.2) is 5.82 Å². The maximum atomic E-state index is 5.44. The fraction of sp³-hybridized carbons (Fsp3) is 0.294. The van der Waals surface area contributed by atoms with Crippen molar-refractivity contribution in [2.75, 3.05) is 31.2 Å². The van der Waals surface area contributed by atoms with Crippen molar-refractivity contribution in [1.29, 1.82) is 0 Å². The molecule has 1 fully saturated rings. The lowest BCUT2D eigenvalue weighted by Gasteiger charge is -2.28. The number of hydrogen-bond acceptors (Lipinski definition) is 4. The number of anilines is 1. The highest BCUT2D eigenvalue weighted by Crippen LogP contribution is 2.28. The fourth-order valence-electron chi connectivity index (χ4n) is 2.89. The van der Waals surface area contributed by atoms with Crippen molar-refractivity contribution in [2.24, 2.45) is 0 Å². The van der Waals surface area contributed by atoms with Crippen molar-refractivity contribution in [3.8, 4) is 11.3 Å². The van der Waals surface area contributed by atoms with Gasteiger partial charge in [-0.1, -0.05) is 30.3 Å². The standard InChI is InChI=1S/C17H18N4O/c1-12-18-15-11-14(13-5-3-2-4-6-13)20-16(15)17(19-12)21-7-9-22-10-8-21/h2-6,11,20H,7-10H2,1H3. The number of H-pyrrole nitrogens is 1. The van der Waals surface area contributed by atoms with Crippen LogP contribution in [0.25, 0.3) is 22.3 Å². The molecule has 112 valence electrons. The van der Waals surface area contributed by atoms with Gasteiger partial charge in [-0.2, -0.15) is 0 Å². The molecule has 5 nitrogen and oxygen atoms in total. The van der Waals surface area contributed by atoms with Gasteiger partial charge in [-0.3, -0.25) is 0 Å². The molecule has 2 aromatic heterocycles. The van der Waals surface area contributed by atoms with E-state index in [4.69, 9.17) is 4.74 Å². The van der Waals surface area contributed by atoms with Crippen molar-refractivity contribution < 1.29 is 4.74 Å². The topological polar surface area (TPSA) is 54.0 Å². The number of rotatable bonds is 2. The van der Waals surface area contributed by atoms with Crippen LogP contribution in [0, 0.1) is 6.92 Å². The molecule has 5 heteroatoms. The van der Waals surface area contributed by atoms with Crippen LogP contribution in [0.5, 0.6) is 0 Å². The van der Waals surface area contributed by atoms with Gasteiger partial charge in [0.2, 0.25) is 0 Å². The van der Waals surface area contributed by atoms with Crippen LogP contribution in [0.4, 0.5) is 5.82 Å². The lowest BCUT2D eigenvalue weighted by Crippen LogP contribution is -2.37. The van der Waals surface area contributed by atoms with E-state index in [-0.39, 0.29) is 0 Å². The summed E-state index contributed by atoms with van der Waals surface area (Å²) in [4.78, 5) is 15.0.